The van der Waals surface area contributed by atoms with Gasteiger partial charge in [-0.1, -0.05) is 29.8 Å². The molecule has 3 rings (SSSR count). The van der Waals surface area contributed by atoms with E-state index in [0.29, 0.717) is 11.6 Å². The second-order valence-electron chi connectivity index (χ2n) is 5.89. The molecule has 5 nitrogen and oxygen atoms in total. The molecule has 24 heavy (non-hydrogen) atoms. The third-order valence-corrected chi connectivity index (χ3v) is 4.54. The Bertz CT molecular complexity index is 751. The largest absolute Gasteiger partial charge is 0.352 e. The van der Waals surface area contributed by atoms with Crippen LogP contribution in [0.3, 0.4) is 0 Å². The molecule has 2 aromatic rings. The van der Waals surface area contributed by atoms with Gasteiger partial charge in [-0.3, -0.25) is 14.6 Å². The number of carbonyl (C=O) groups excluding carboxylic acids is 2. The Balaban J connectivity index is 1.77. The van der Waals surface area contributed by atoms with Crippen LogP contribution in [-0.2, 0) is 16.1 Å². The van der Waals surface area contributed by atoms with E-state index in [2.05, 4.69) is 10.3 Å². The lowest BCUT2D eigenvalue weighted by molar-refractivity contribution is -0.128. The van der Waals surface area contributed by atoms with Gasteiger partial charge in [-0.2, -0.15) is 0 Å². The van der Waals surface area contributed by atoms with Gasteiger partial charge in [0, 0.05) is 37.4 Å². The summed E-state index contributed by atoms with van der Waals surface area (Å²) in [5.74, 6) is -0.610. The summed E-state index contributed by atoms with van der Waals surface area (Å²) < 4.78 is 0. The van der Waals surface area contributed by atoms with E-state index in [0.717, 1.165) is 11.1 Å². The summed E-state index contributed by atoms with van der Waals surface area (Å²) in [5.41, 5.74) is 1.79. The predicted molar refractivity (Wildman–Crippen MR) is 91.2 cm³/mol. The first-order valence-corrected chi connectivity index (χ1v) is 8.12. The molecule has 1 saturated heterocycles. The first-order valence-electron chi connectivity index (χ1n) is 7.74. The van der Waals surface area contributed by atoms with E-state index in [1.807, 2.05) is 30.3 Å². The molecule has 0 unspecified atom stereocenters. The van der Waals surface area contributed by atoms with Crippen molar-refractivity contribution in [3.63, 3.8) is 0 Å². The number of carbonyl (C=O) groups is 2. The Labute approximate surface area is 145 Å². The summed E-state index contributed by atoms with van der Waals surface area (Å²) in [6.45, 7) is 0.392. The van der Waals surface area contributed by atoms with Crippen LogP contribution in [-0.4, -0.2) is 28.7 Å². The summed E-state index contributed by atoms with van der Waals surface area (Å²) in [4.78, 5) is 30.4. The Morgan fingerprint density at radius 1 is 1.38 bits per heavy atom. The van der Waals surface area contributed by atoms with Crippen LogP contribution in [0.4, 0.5) is 0 Å². The van der Waals surface area contributed by atoms with Crippen molar-refractivity contribution in [2.45, 2.75) is 19.0 Å². The van der Waals surface area contributed by atoms with Crippen LogP contribution in [0, 0.1) is 5.92 Å². The van der Waals surface area contributed by atoms with Crippen molar-refractivity contribution in [1.29, 1.82) is 0 Å². The molecule has 124 valence electrons. The molecule has 0 spiro atoms. The maximum absolute atomic E-state index is 12.6. The van der Waals surface area contributed by atoms with Crippen molar-refractivity contribution in [2.24, 2.45) is 5.92 Å². The van der Waals surface area contributed by atoms with Crippen molar-refractivity contribution in [2.75, 3.05) is 7.05 Å². The molecule has 1 aliphatic heterocycles. The second-order valence-corrected chi connectivity index (χ2v) is 6.33. The molecule has 0 bridgehead atoms. The van der Waals surface area contributed by atoms with Crippen molar-refractivity contribution < 1.29 is 9.59 Å². The first kappa shape index (κ1) is 16.5. The van der Waals surface area contributed by atoms with Gasteiger partial charge in [-0.05, 0) is 29.3 Å². The summed E-state index contributed by atoms with van der Waals surface area (Å²) >= 11 is 6.06. The van der Waals surface area contributed by atoms with Crippen LogP contribution in [0.25, 0.3) is 0 Å². The lowest BCUT2D eigenvalue weighted by atomic mass is 9.93. The fourth-order valence-corrected chi connectivity index (χ4v) is 3.27. The molecule has 0 aliphatic carbocycles. The van der Waals surface area contributed by atoms with Gasteiger partial charge in [0.1, 0.15) is 0 Å². The minimum Gasteiger partial charge on any atom is -0.352 e. The highest BCUT2D eigenvalue weighted by Crippen LogP contribution is 2.37. The summed E-state index contributed by atoms with van der Waals surface area (Å²) in [5, 5.41) is 3.50. The number of aromatic nitrogens is 1. The van der Waals surface area contributed by atoms with Crippen molar-refractivity contribution in [3.05, 3.63) is 64.9 Å². The molecule has 2 atom stereocenters. The summed E-state index contributed by atoms with van der Waals surface area (Å²) in [6, 6.07) is 10.7. The van der Waals surface area contributed by atoms with Gasteiger partial charge in [-0.25, -0.2) is 0 Å². The molecular weight excluding hydrogens is 326 g/mol. The highest BCUT2D eigenvalue weighted by Gasteiger charge is 2.42. The average molecular weight is 344 g/mol. The molecule has 2 heterocycles. The normalized spacial score (nSPS) is 20.2. The number of hydrogen-bond donors (Lipinski definition) is 1. The van der Waals surface area contributed by atoms with Gasteiger partial charge in [0.15, 0.2) is 0 Å². The smallest absolute Gasteiger partial charge is 0.226 e. The molecular formula is C18H18ClN3O2. The zero-order valence-electron chi connectivity index (χ0n) is 13.3. The third-order valence-electron chi connectivity index (χ3n) is 4.30. The fourth-order valence-electron chi connectivity index (χ4n) is 3.07. The van der Waals surface area contributed by atoms with E-state index >= 15 is 0 Å². The highest BCUT2D eigenvalue weighted by molar-refractivity contribution is 6.30. The zero-order valence-corrected chi connectivity index (χ0v) is 14.0. The van der Waals surface area contributed by atoms with Crippen molar-refractivity contribution in [3.8, 4) is 0 Å². The topological polar surface area (TPSA) is 62.3 Å². The molecule has 0 radical (unpaired) electrons. The lowest BCUT2D eigenvalue weighted by Crippen LogP contribution is -2.34. The maximum Gasteiger partial charge on any atom is 0.226 e. The monoisotopic (exact) mass is 343 g/mol. The van der Waals surface area contributed by atoms with Gasteiger partial charge < -0.3 is 10.2 Å². The SMILES string of the molecule is CN1C(=O)C[C@H](C(=O)NCc2cccnc2)[C@H]1c1cccc(Cl)c1. The Hall–Kier alpha value is -2.40. The van der Waals surface area contributed by atoms with Crippen LogP contribution in [0.15, 0.2) is 48.8 Å². The molecule has 0 saturated carbocycles. The minimum atomic E-state index is -0.433. The number of rotatable bonds is 4. The maximum atomic E-state index is 12.6. The molecule has 1 aromatic heterocycles. The van der Waals surface area contributed by atoms with E-state index in [1.165, 1.54) is 0 Å². The van der Waals surface area contributed by atoms with Gasteiger partial charge in [0.05, 0.1) is 12.0 Å². The number of nitrogens with one attached hydrogen (secondary N) is 1. The fraction of sp³-hybridized carbons (Fsp3) is 0.278. The van der Waals surface area contributed by atoms with Crippen LogP contribution in [0.2, 0.25) is 5.02 Å². The number of amides is 2. The number of nitrogens with zero attached hydrogens (tertiary/aromatic N) is 2. The third kappa shape index (κ3) is 3.41. The molecule has 1 aromatic carbocycles. The molecule has 1 aliphatic rings. The van der Waals surface area contributed by atoms with Crippen molar-refractivity contribution in [1.82, 2.24) is 15.2 Å². The van der Waals surface area contributed by atoms with Crippen LogP contribution in [0.5, 0.6) is 0 Å². The lowest BCUT2D eigenvalue weighted by Gasteiger charge is -2.25. The molecule has 1 N–H and O–H groups in total. The van der Waals surface area contributed by atoms with Gasteiger partial charge in [0.25, 0.3) is 0 Å². The van der Waals surface area contributed by atoms with Crippen LogP contribution in [0.1, 0.15) is 23.6 Å². The quantitative estimate of drug-likeness (QED) is 0.928. The Kier molecular flexibility index (Phi) is 4.81. The Morgan fingerprint density at radius 3 is 2.92 bits per heavy atom. The summed E-state index contributed by atoms with van der Waals surface area (Å²) in [7, 11) is 1.72. The Morgan fingerprint density at radius 2 is 2.21 bits per heavy atom. The number of likely N-dealkylation sites (tertiary alicyclic amines) is 1. The van der Waals surface area contributed by atoms with E-state index in [4.69, 9.17) is 11.6 Å². The molecule has 2 amide bonds. The second kappa shape index (κ2) is 7.01. The standard InChI is InChI=1S/C18H18ClN3O2/c1-22-16(23)9-15(17(22)13-5-2-6-14(19)8-13)18(24)21-11-12-4-3-7-20-10-12/h2-8,10,15,17H,9,11H2,1H3,(H,21,24)/t15-,17+/m0/s1. The molecule has 1 fully saturated rings. The van der Waals surface area contributed by atoms with Crippen LogP contribution >= 0.6 is 11.6 Å². The predicted octanol–water partition coefficient (Wildman–Crippen LogP) is 2.57. The van der Waals surface area contributed by atoms with E-state index in [-0.39, 0.29) is 24.3 Å². The van der Waals surface area contributed by atoms with Gasteiger partial charge in [-0.15, -0.1) is 0 Å². The number of halogens is 1. The summed E-state index contributed by atoms with van der Waals surface area (Å²) in [6.07, 6.45) is 3.60. The van der Waals surface area contributed by atoms with Crippen LogP contribution < -0.4 is 5.32 Å². The number of hydrogen-bond acceptors (Lipinski definition) is 3. The zero-order chi connectivity index (χ0) is 17.1. The van der Waals surface area contributed by atoms with E-state index in [9.17, 15) is 9.59 Å². The van der Waals surface area contributed by atoms with E-state index in [1.54, 1.807) is 30.4 Å². The number of benzene rings is 1. The first-order chi connectivity index (χ1) is 11.6. The van der Waals surface area contributed by atoms with E-state index < -0.39 is 5.92 Å². The molecule has 6 heteroatoms. The van der Waals surface area contributed by atoms with Gasteiger partial charge >= 0.3 is 0 Å². The highest BCUT2D eigenvalue weighted by atomic mass is 35.5. The average Bonchev–Trinajstić information content (AvgIpc) is 2.89. The number of pyridine rings is 1. The minimum absolute atomic E-state index is 0.0403. The van der Waals surface area contributed by atoms with Crippen molar-refractivity contribution >= 4 is 23.4 Å². The van der Waals surface area contributed by atoms with Gasteiger partial charge in [0.2, 0.25) is 11.8 Å².